The van der Waals surface area contributed by atoms with Gasteiger partial charge in [-0.15, -0.1) is 18.3 Å². The van der Waals surface area contributed by atoms with E-state index in [2.05, 4.69) is 44.3 Å². The largest absolute Gasteiger partial charge is 0.573 e. The number of anilines is 3. The van der Waals surface area contributed by atoms with Gasteiger partial charge in [0.05, 0.1) is 25.0 Å². The standard InChI is InChI=1S/C31H32F3N7O4S/c1-18(2)23-11-5-19(3)13-25(23)41-28(42)16-46-30(41)38-29(43)37-20-6-12-24(26(14-20)44-4)35-15-27-36-17-40(39-27)21-7-9-22(10-8-21)45-31(32,33)34/h5-14,17-18,28,35,42H,15-16H2,1-4H3,(H,37,43). The van der Waals surface area contributed by atoms with Crippen molar-refractivity contribution in [1.82, 2.24) is 14.8 Å². The number of ether oxygens (including phenoxy) is 2. The highest BCUT2D eigenvalue weighted by molar-refractivity contribution is 8.14. The summed E-state index contributed by atoms with van der Waals surface area (Å²) >= 11 is 1.31. The lowest BCUT2D eigenvalue weighted by Gasteiger charge is -2.26. The van der Waals surface area contributed by atoms with Crippen LogP contribution in [0.2, 0.25) is 0 Å². The molecule has 2 heterocycles. The number of methoxy groups -OCH3 is 1. The highest BCUT2D eigenvalue weighted by Gasteiger charge is 2.33. The van der Waals surface area contributed by atoms with Crippen molar-refractivity contribution < 1.29 is 32.5 Å². The Morgan fingerprint density at radius 1 is 1.15 bits per heavy atom. The zero-order chi connectivity index (χ0) is 33.0. The maximum Gasteiger partial charge on any atom is 0.573 e. The van der Waals surface area contributed by atoms with E-state index in [0.717, 1.165) is 16.8 Å². The average Bonchev–Trinajstić information content (AvgIpc) is 3.62. The van der Waals surface area contributed by atoms with Crippen molar-refractivity contribution in [2.75, 3.05) is 28.4 Å². The van der Waals surface area contributed by atoms with Gasteiger partial charge in [-0.05, 0) is 66.4 Å². The van der Waals surface area contributed by atoms with E-state index in [0.29, 0.717) is 39.6 Å². The molecular weight excluding hydrogens is 623 g/mol. The molecule has 3 N–H and O–H groups in total. The molecule has 0 bridgehead atoms. The number of carbonyl (C=O) groups is 1. The number of hydrogen-bond acceptors (Lipinski definition) is 8. The summed E-state index contributed by atoms with van der Waals surface area (Å²) in [4.78, 5) is 23.2. The number of rotatable bonds is 9. The molecule has 1 saturated heterocycles. The number of aliphatic imine (C=N–C) groups is 1. The SMILES string of the molecule is COc1cc(NC(=O)N=C2SCC(O)N2c2cc(C)ccc2C(C)C)ccc1NCc1ncn(-c2ccc(OC(F)(F)F)cc2)n1. The quantitative estimate of drug-likeness (QED) is 0.181. The van der Waals surface area contributed by atoms with Crippen LogP contribution in [0.3, 0.4) is 0 Å². The highest BCUT2D eigenvalue weighted by Crippen LogP contribution is 2.36. The molecule has 0 spiro atoms. The lowest BCUT2D eigenvalue weighted by molar-refractivity contribution is -0.274. The molecule has 5 rings (SSSR count). The van der Waals surface area contributed by atoms with E-state index in [-0.39, 0.29) is 18.2 Å². The van der Waals surface area contributed by atoms with E-state index in [9.17, 15) is 23.1 Å². The number of amidine groups is 1. The Morgan fingerprint density at radius 2 is 1.91 bits per heavy atom. The van der Waals surface area contributed by atoms with Crippen LogP contribution in [-0.4, -0.2) is 56.5 Å². The van der Waals surface area contributed by atoms with Crippen LogP contribution < -0.4 is 25.0 Å². The molecule has 11 nitrogen and oxygen atoms in total. The number of hydrogen-bond donors (Lipinski definition) is 3. The Labute approximate surface area is 267 Å². The maximum absolute atomic E-state index is 13.0. The van der Waals surface area contributed by atoms with Crippen LogP contribution in [-0.2, 0) is 6.54 Å². The van der Waals surface area contributed by atoms with Crippen LogP contribution in [0.4, 0.5) is 35.0 Å². The zero-order valence-corrected chi connectivity index (χ0v) is 26.2. The van der Waals surface area contributed by atoms with Gasteiger partial charge in [0.1, 0.15) is 24.1 Å². The number of aryl methyl sites for hydroxylation is 1. The van der Waals surface area contributed by atoms with Gasteiger partial charge in [-0.2, -0.15) is 4.99 Å². The van der Waals surface area contributed by atoms with Gasteiger partial charge in [-0.25, -0.2) is 14.5 Å². The number of urea groups is 1. The molecule has 1 aliphatic rings. The summed E-state index contributed by atoms with van der Waals surface area (Å²) in [5, 5.41) is 21.5. The van der Waals surface area contributed by atoms with Gasteiger partial charge in [0.15, 0.2) is 11.0 Å². The molecule has 1 fully saturated rings. The van der Waals surface area contributed by atoms with Crippen LogP contribution >= 0.6 is 11.8 Å². The third-order valence-corrected chi connectivity index (χ3v) is 7.91. The van der Waals surface area contributed by atoms with E-state index >= 15 is 0 Å². The Hall–Kier alpha value is -4.76. The molecule has 1 unspecified atom stereocenters. The fourth-order valence-corrected chi connectivity index (χ4v) is 5.71. The van der Waals surface area contributed by atoms with Gasteiger partial charge < -0.3 is 25.2 Å². The molecule has 0 radical (unpaired) electrons. The predicted molar refractivity (Wildman–Crippen MR) is 171 cm³/mol. The molecule has 3 aromatic carbocycles. The number of halogens is 3. The van der Waals surface area contributed by atoms with Crippen molar-refractivity contribution in [3.63, 3.8) is 0 Å². The molecule has 1 atom stereocenters. The number of benzene rings is 3. The number of thioether (sulfide) groups is 1. The molecule has 0 aliphatic carbocycles. The second-order valence-corrected chi connectivity index (χ2v) is 11.6. The monoisotopic (exact) mass is 655 g/mol. The second kappa shape index (κ2) is 13.7. The molecule has 15 heteroatoms. The van der Waals surface area contributed by atoms with Crippen LogP contribution in [0.25, 0.3) is 5.69 Å². The summed E-state index contributed by atoms with van der Waals surface area (Å²) in [6.45, 7) is 6.34. The number of nitrogens with one attached hydrogen (secondary N) is 2. The summed E-state index contributed by atoms with van der Waals surface area (Å²) in [6, 6.07) is 15.7. The Morgan fingerprint density at radius 3 is 2.61 bits per heavy atom. The number of amides is 2. The first kappa shape index (κ1) is 32.6. The minimum atomic E-state index is -4.77. The van der Waals surface area contributed by atoms with Gasteiger partial charge in [0, 0.05) is 23.2 Å². The van der Waals surface area contributed by atoms with E-state index in [1.165, 1.54) is 54.1 Å². The molecule has 1 aromatic heterocycles. The molecule has 46 heavy (non-hydrogen) atoms. The number of aromatic nitrogens is 3. The second-order valence-electron chi connectivity index (χ2n) is 10.6. The molecule has 1 aliphatic heterocycles. The predicted octanol–water partition coefficient (Wildman–Crippen LogP) is 6.68. The maximum atomic E-state index is 13.0. The van der Waals surface area contributed by atoms with E-state index in [4.69, 9.17) is 4.74 Å². The third-order valence-electron chi connectivity index (χ3n) is 6.89. The minimum absolute atomic E-state index is 0.206. The third kappa shape index (κ3) is 7.90. The fourth-order valence-electron chi connectivity index (χ4n) is 4.75. The van der Waals surface area contributed by atoms with Crippen LogP contribution in [0.1, 0.15) is 36.7 Å². The van der Waals surface area contributed by atoms with Crippen molar-refractivity contribution in [2.24, 2.45) is 4.99 Å². The number of aliphatic hydroxyl groups is 1. The lowest BCUT2D eigenvalue weighted by Crippen LogP contribution is -2.35. The topological polar surface area (TPSA) is 126 Å². The van der Waals surface area contributed by atoms with Crippen LogP contribution in [0, 0.1) is 6.92 Å². The summed E-state index contributed by atoms with van der Waals surface area (Å²) in [7, 11) is 1.49. The number of alkyl halides is 3. The van der Waals surface area contributed by atoms with Crippen molar-refractivity contribution in [2.45, 2.75) is 45.8 Å². The Bertz CT molecular complexity index is 1730. The highest BCUT2D eigenvalue weighted by atomic mass is 32.2. The van der Waals surface area contributed by atoms with Crippen LogP contribution in [0.15, 0.2) is 72.0 Å². The normalized spacial score (nSPS) is 15.8. The first-order valence-electron chi connectivity index (χ1n) is 14.2. The Kier molecular flexibility index (Phi) is 9.72. The number of carbonyl (C=O) groups excluding carboxylic acids is 1. The minimum Gasteiger partial charge on any atom is -0.495 e. The van der Waals surface area contributed by atoms with Gasteiger partial charge in [-0.3, -0.25) is 4.90 Å². The molecular formula is C31H32F3N7O4S. The van der Waals surface area contributed by atoms with E-state index in [1.807, 2.05) is 25.1 Å². The molecule has 4 aromatic rings. The summed E-state index contributed by atoms with van der Waals surface area (Å²) in [6.07, 6.45) is -4.15. The van der Waals surface area contributed by atoms with E-state index < -0.39 is 18.6 Å². The van der Waals surface area contributed by atoms with Crippen molar-refractivity contribution >= 4 is 40.0 Å². The van der Waals surface area contributed by atoms with Gasteiger partial charge in [-0.1, -0.05) is 37.7 Å². The van der Waals surface area contributed by atoms with E-state index in [1.54, 1.807) is 23.1 Å². The first-order valence-corrected chi connectivity index (χ1v) is 15.2. The van der Waals surface area contributed by atoms with Gasteiger partial charge in [0.2, 0.25) is 0 Å². The van der Waals surface area contributed by atoms with Crippen LogP contribution in [0.5, 0.6) is 11.5 Å². The summed E-state index contributed by atoms with van der Waals surface area (Å²) < 4.78 is 48.1. The molecule has 0 saturated carbocycles. The lowest BCUT2D eigenvalue weighted by atomic mass is 9.98. The van der Waals surface area contributed by atoms with Gasteiger partial charge >= 0.3 is 12.4 Å². The van der Waals surface area contributed by atoms with Crippen molar-refractivity contribution in [3.8, 4) is 17.2 Å². The summed E-state index contributed by atoms with van der Waals surface area (Å²) in [5.41, 5.74) is 4.46. The first-order chi connectivity index (χ1) is 21.9. The Balaban J connectivity index is 1.23. The summed E-state index contributed by atoms with van der Waals surface area (Å²) in [5.74, 6) is 1.11. The molecule has 2 amide bonds. The number of nitrogens with zero attached hydrogens (tertiary/aromatic N) is 5. The number of aliphatic hydroxyl groups excluding tert-OH is 1. The van der Waals surface area contributed by atoms with Crippen molar-refractivity contribution in [1.29, 1.82) is 0 Å². The van der Waals surface area contributed by atoms with Gasteiger partial charge in [0.25, 0.3) is 0 Å². The smallest absolute Gasteiger partial charge is 0.495 e. The fraction of sp³-hybridized carbons (Fsp3) is 0.290. The molecule has 242 valence electrons. The van der Waals surface area contributed by atoms with Crippen molar-refractivity contribution in [3.05, 3.63) is 83.9 Å². The zero-order valence-electron chi connectivity index (χ0n) is 25.4. The average molecular weight is 656 g/mol.